The third-order valence-corrected chi connectivity index (χ3v) is 6.21. The number of thioether (sulfide) groups is 1. The number of aromatic amines is 1. The van der Waals surface area contributed by atoms with E-state index in [4.69, 9.17) is 4.42 Å². The molecule has 1 aromatic carbocycles. The van der Waals surface area contributed by atoms with E-state index in [2.05, 4.69) is 39.6 Å². The number of nitrogens with one attached hydrogen (secondary N) is 2. The SMILES string of the molecule is Cc1nnc(SCc2c(C(=O)Nc3cc(C(C)C)[nH]n3)oc3ccccc23)s1. The van der Waals surface area contributed by atoms with Crippen LogP contribution in [-0.4, -0.2) is 26.3 Å². The molecule has 3 heterocycles. The zero-order chi connectivity index (χ0) is 19.7. The number of carbonyl (C=O) groups is 1. The van der Waals surface area contributed by atoms with E-state index in [1.165, 1.54) is 11.3 Å². The summed E-state index contributed by atoms with van der Waals surface area (Å²) in [6.45, 7) is 6.04. The summed E-state index contributed by atoms with van der Waals surface area (Å²) in [7, 11) is 0. The lowest BCUT2D eigenvalue weighted by atomic mass is 10.1. The smallest absolute Gasteiger partial charge is 0.292 e. The Morgan fingerprint density at radius 1 is 1.32 bits per heavy atom. The number of H-pyrrole nitrogens is 1. The Hall–Kier alpha value is -2.65. The van der Waals surface area contributed by atoms with Gasteiger partial charge in [0.2, 0.25) is 0 Å². The molecular formula is C19H19N5O2S2. The molecule has 3 aromatic heterocycles. The van der Waals surface area contributed by atoms with E-state index in [-0.39, 0.29) is 5.91 Å². The molecule has 4 aromatic rings. The second-order valence-corrected chi connectivity index (χ2v) is 9.00. The molecule has 7 nitrogen and oxygen atoms in total. The quantitative estimate of drug-likeness (QED) is 0.433. The molecule has 0 aliphatic rings. The maximum atomic E-state index is 12.9. The van der Waals surface area contributed by atoms with Crippen molar-refractivity contribution in [3.63, 3.8) is 0 Å². The van der Waals surface area contributed by atoms with Crippen molar-refractivity contribution >= 4 is 45.8 Å². The van der Waals surface area contributed by atoms with Crippen molar-refractivity contribution in [2.45, 2.75) is 36.8 Å². The first-order chi connectivity index (χ1) is 13.5. The number of anilines is 1. The number of para-hydroxylation sites is 1. The number of nitrogens with zero attached hydrogens (tertiary/aromatic N) is 3. The molecule has 0 spiro atoms. The molecule has 144 valence electrons. The minimum atomic E-state index is -0.318. The van der Waals surface area contributed by atoms with Gasteiger partial charge in [-0.25, -0.2) is 0 Å². The summed E-state index contributed by atoms with van der Waals surface area (Å²) in [5.41, 5.74) is 2.48. The summed E-state index contributed by atoms with van der Waals surface area (Å²) >= 11 is 3.08. The lowest BCUT2D eigenvalue weighted by Gasteiger charge is -2.02. The zero-order valence-corrected chi connectivity index (χ0v) is 17.3. The highest BCUT2D eigenvalue weighted by atomic mass is 32.2. The maximum absolute atomic E-state index is 12.9. The normalized spacial score (nSPS) is 11.4. The monoisotopic (exact) mass is 413 g/mol. The number of fused-ring (bicyclic) bond motifs is 1. The number of hydrogen-bond donors (Lipinski definition) is 2. The topological polar surface area (TPSA) is 96.7 Å². The summed E-state index contributed by atoms with van der Waals surface area (Å²) < 4.78 is 6.75. The molecule has 0 fully saturated rings. The minimum Gasteiger partial charge on any atom is -0.451 e. The highest BCUT2D eigenvalue weighted by molar-refractivity contribution is 8.00. The standard InChI is InChI=1S/C19H19N5O2S2/c1-10(2)14-8-16(23-22-14)20-18(25)17-13(9-27-19-24-21-11(3)28-19)12-6-4-5-7-15(12)26-17/h4-8,10H,9H2,1-3H3,(H2,20,22,23,25). The summed E-state index contributed by atoms with van der Waals surface area (Å²) in [5, 5.41) is 20.0. The van der Waals surface area contributed by atoms with Crippen molar-refractivity contribution in [1.29, 1.82) is 0 Å². The van der Waals surface area contributed by atoms with E-state index < -0.39 is 0 Å². The fourth-order valence-electron chi connectivity index (χ4n) is 2.77. The van der Waals surface area contributed by atoms with Crippen LogP contribution in [0.2, 0.25) is 0 Å². The second kappa shape index (κ2) is 7.76. The van der Waals surface area contributed by atoms with Gasteiger partial charge in [0.15, 0.2) is 15.9 Å². The second-order valence-electron chi connectivity index (χ2n) is 6.60. The van der Waals surface area contributed by atoms with Crippen molar-refractivity contribution < 1.29 is 9.21 Å². The van der Waals surface area contributed by atoms with Crippen LogP contribution in [0.15, 0.2) is 39.1 Å². The number of carbonyl (C=O) groups excluding carboxylic acids is 1. The molecule has 0 bridgehead atoms. The largest absolute Gasteiger partial charge is 0.451 e. The van der Waals surface area contributed by atoms with E-state index >= 15 is 0 Å². The van der Waals surface area contributed by atoms with Gasteiger partial charge < -0.3 is 9.73 Å². The van der Waals surface area contributed by atoms with Gasteiger partial charge in [-0.3, -0.25) is 9.89 Å². The average Bonchev–Trinajstić information content (AvgIpc) is 3.38. The lowest BCUT2D eigenvalue weighted by Crippen LogP contribution is -2.13. The summed E-state index contributed by atoms with van der Waals surface area (Å²) in [6, 6.07) is 9.49. The van der Waals surface area contributed by atoms with Crippen LogP contribution in [-0.2, 0) is 5.75 Å². The van der Waals surface area contributed by atoms with Gasteiger partial charge >= 0.3 is 0 Å². The van der Waals surface area contributed by atoms with E-state index in [1.807, 2.05) is 37.3 Å². The Balaban J connectivity index is 1.62. The van der Waals surface area contributed by atoms with Crippen LogP contribution in [0.1, 0.15) is 46.6 Å². The highest BCUT2D eigenvalue weighted by Crippen LogP contribution is 2.33. The first-order valence-corrected chi connectivity index (χ1v) is 10.6. The van der Waals surface area contributed by atoms with Crippen molar-refractivity contribution in [1.82, 2.24) is 20.4 Å². The fraction of sp³-hybridized carbons (Fsp3) is 0.263. The van der Waals surface area contributed by atoms with E-state index in [0.29, 0.717) is 28.8 Å². The molecule has 1 amide bonds. The number of hydrogen-bond acceptors (Lipinski definition) is 7. The molecule has 0 aliphatic carbocycles. The van der Waals surface area contributed by atoms with Gasteiger partial charge in [-0.15, -0.1) is 10.2 Å². The summed E-state index contributed by atoms with van der Waals surface area (Å²) in [5.74, 6) is 1.32. The predicted molar refractivity (Wildman–Crippen MR) is 111 cm³/mol. The predicted octanol–water partition coefficient (Wildman–Crippen LogP) is 4.98. The summed E-state index contributed by atoms with van der Waals surface area (Å²) in [6.07, 6.45) is 0. The molecule has 0 radical (unpaired) electrons. The van der Waals surface area contributed by atoms with E-state index in [1.54, 1.807) is 11.8 Å². The number of aromatic nitrogens is 4. The van der Waals surface area contributed by atoms with Crippen LogP contribution in [0.5, 0.6) is 0 Å². The zero-order valence-electron chi connectivity index (χ0n) is 15.6. The van der Waals surface area contributed by atoms with Gasteiger partial charge in [0.25, 0.3) is 5.91 Å². The highest BCUT2D eigenvalue weighted by Gasteiger charge is 2.22. The van der Waals surface area contributed by atoms with Crippen LogP contribution >= 0.6 is 23.1 Å². The first-order valence-electron chi connectivity index (χ1n) is 8.81. The van der Waals surface area contributed by atoms with Crippen LogP contribution in [0.25, 0.3) is 11.0 Å². The van der Waals surface area contributed by atoms with E-state index in [0.717, 1.165) is 26.0 Å². The average molecular weight is 414 g/mol. The van der Waals surface area contributed by atoms with Crippen molar-refractivity contribution in [2.75, 3.05) is 5.32 Å². The Labute approximate surface area is 169 Å². The maximum Gasteiger partial charge on any atom is 0.292 e. The Bertz CT molecular complexity index is 1130. The lowest BCUT2D eigenvalue weighted by molar-refractivity contribution is 0.0997. The molecule has 4 rings (SSSR count). The van der Waals surface area contributed by atoms with Crippen LogP contribution in [0.4, 0.5) is 5.82 Å². The number of rotatable bonds is 6. The van der Waals surface area contributed by atoms with Crippen molar-refractivity contribution in [2.24, 2.45) is 0 Å². The van der Waals surface area contributed by atoms with Crippen LogP contribution in [0, 0.1) is 6.92 Å². The molecule has 28 heavy (non-hydrogen) atoms. The van der Waals surface area contributed by atoms with Crippen LogP contribution in [0.3, 0.4) is 0 Å². The molecule has 0 unspecified atom stereocenters. The number of furan rings is 1. The first kappa shape index (κ1) is 18.7. The third kappa shape index (κ3) is 3.81. The molecule has 0 atom stereocenters. The van der Waals surface area contributed by atoms with Gasteiger partial charge in [-0.2, -0.15) is 5.10 Å². The Morgan fingerprint density at radius 2 is 2.14 bits per heavy atom. The molecule has 9 heteroatoms. The third-order valence-electron chi connectivity index (χ3n) is 4.21. The van der Waals surface area contributed by atoms with Gasteiger partial charge in [-0.05, 0) is 18.9 Å². The van der Waals surface area contributed by atoms with Crippen molar-refractivity contribution in [3.8, 4) is 0 Å². The van der Waals surface area contributed by atoms with Crippen molar-refractivity contribution in [3.05, 3.63) is 52.4 Å². The molecule has 2 N–H and O–H groups in total. The number of aryl methyl sites for hydroxylation is 1. The van der Waals surface area contributed by atoms with Gasteiger partial charge in [0, 0.05) is 28.5 Å². The minimum absolute atomic E-state index is 0.295. The molecule has 0 aliphatic heterocycles. The molecule has 0 saturated carbocycles. The van der Waals surface area contributed by atoms with Gasteiger partial charge in [0.1, 0.15) is 10.6 Å². The van der Waals surface area contributed by atoms with E-state index in [9.17, 15) is 4.79 Å². The fourth-order valence-corrected chi connectivity index (χ4v) is 4.61. The summed E-state index contributed by atoms with van der Waals surface area (Å²) in [4.78, 5) is 12.9. The van der Waals surface area contributed by atoms with Crippen LogP contribution < -0.4 is 5.32 Å². The van der Waals surface area contributed by atoms with Gasteiger partial charge in [0.05, 0.1) is 0 Å². The Kier molecular flexibility index (Phi) is 5.19. The van der Waals surface area contributed by atoms with Gasteiger partial charge in [-0.1, -0.05) is 55.1 Å². The Morgan fingerprint density at radius 3 is 2.86 bits per heavy atom. The number of amides is 1. The molecule has 0 saturated heterocycles. The molecular weight excluding hydrogens is 394 g/mol. The number of benzene rings is 1.